The first-order valence-corrected chi connectivity index (χ1v) is 5.97. The van der Waals surface area contributed by atoms with Gasteiger partial charge in [-0.25, -0.2) is 0 Å². The largest absolute Gasteiger partial charge is 0.508 e. The summed E-state index contributed by atoms with van der Waals surface area (Å²) in [6.07, 6.45) is 1.49. The molecule has 0 bridgehead atoms. The van der Waals surface area contributed by atoms with E-state index in [2.05, 4.69) is 0 Å². The molecule has 2 aromatic carbocycles. The molecule has 0 saturated heterocycles. The number of aryl methyl sites for hydroxylation is 2. The highest BCUT2D eigenvalue weighted by molar-refractivity contribution is 5.77. The van der Waals surface area contributed by atoms with E-state index < -0.39 is 0 Å². The molecule has 4 heteroatoms. The highest BCUT2D eigenvalue weighted by atomic mass is 16.3. The summed E-state index contributed by atoms with van der Waals surface area (Å²) in [6, 6.07) is 9.40. The van der Waals surface area contributed by atoms with Gasteiger partial charge in [-0.1, -0.05) is 0 Å². The average Bonchev–Trinajstić information content (AvgIpc) is 2.38. The van der Waals surface area contributed by atoms with Crippen LogP contribution < -0.4 is 0 Å². The molecule has 0 atom stereocenters. The van der Waals surface area contributed by atoms with Gasteiger partial charge in [0.05, 0.1) is 0 Å². The van der Waals surface area contributed by atoms with E-state index in [4.69, 9.17) is 10.2 Å². The summed E-state index contributed by atoms with van der Waals surface area (Å²) in [5, 5.41) is 17.9. The van der Waals surface area contributed by atoms with Crippen molar-refractivity contribution in [3.8, 4) is 11.5 Å². The van der Waals surface area contributed by atoms with Gasteiger partial charge in [0.1, 0.15) is 24.1 Å². The summed E-state index contributed by atoms with van der Waals surface area (Å²) >= 11 is 0. The lowest BCUT2D eigenvalue weighted by atomic mass is 10.1. The summed E-state index contributed by atoms with van der Waals surface area (Å²) < 4.78 is 0. The van der Waals surface area contributed by atoms with E-state index in [0.29, 0.717) is 17.4 Å². The van der Waals surface area contributed by atoms with Gasteiger partial charge in [-0.05, 0) is 61.4 Å². The molecule has 0 unspecified atom stereocenters. The molecule has 0 heterocycles. The SMILES string of the molecule is Cc1cc(O)cc(C=O)c1.Cc1cc(O)ccc1C=O. The number of carbonyl (C=O) groups is 2. The number of phenolic OH excluding ortho intramolecular Hbond substituents is 2. The van der Waals surface area contributed by atoms with Crippen molar-refractivity contribution in [2.24, 2.45) is 0 Å². The molecule has 20 heavy (non-hydrogen) atoms. The zero-order valence-corrected chi connectivity index (χ0v) is 11.3. The molecule has 0 aliphatic heterocycles. The molecule has 0 spiro atoms. The van der Waals surface area contributed by atoms with E-state index in [1.165, 1.54) is 12.1 Å². The lowest BCUT2D eigenvalue weighted by Crippen LogP contribution is -1.83. The van der Waals surface area contributed by atoms with Crippen LogP contribution in [0.1, 0.15) is 31.8 Å². The number of carbonyl (C=O) groups excluding carboxylic acids is 2. The number of aromatic hydroxyl groups is 2. The fourth-order valence-electron chi connectivity index (χ4n) is 1.65. The fourth-order valence-corrected chi connectivity index (χ4v) is 1.65. The Morgan fingerprint density at radius 3 is 2.05 bits per heavy atom. The molecule has 0 amide bonds. The van der Waals surface area contributed by atoms with Gasteiger partial charge in [0, 0.05) is 11.1 Å². The van der Waals surface area contributed by atoms with Crippen LogP contribution in [0.5, 0.6) is 11.5 Å². The minimum Gasteiger partial charge on any atom is -0.508 e. The van der Waals surface area contributed by atoms with E-state index in [-0.39, 0.29) is 11.5 Å². The molecule has 0 aliphatic rings. The van der Waals surface area contributed by atoms with Gasteiger partial charge in [-0.2, -0.15) is 0 Å². The van der Waals surface area contributed by atoms with Crippen LogP contribution in [-0.4, -0.2) is 22.8 Å². The van der Waals surface area contributed by atoms with E-state index in [1.807, 2.05) is 6.92 Å². The molecule has 0 aliphatic carbocycles. The Hall–Kier alpha value is -2.62. The smallest absolute Gasteiger partial charge is 0.150 e. The van der Waals surface area contributed by atoms with Crippen LogP contribution in [0.15, 0.2) is 36.4 Å². The predicted molar refractivity (Wildman–Crippen MR) is 76.5 cm³/mol. The van der Waals surface area contributed by atoms with Crippen molar-refractivity contribution in [1.82, 2.24) is 0 Å². The van der Waals surface area contributed by atoms with Crippen molar-refractivity contribution < 1.29 is 19.8 Å². The Balaban J connectivity index is 0.000000200. The predicted octanol–water partition coefficient (Wildman–Crippen LogP) is 3.03. The first-order chi connectivity index (χ1) is 9.46. The minimum absolute atomic E-state index is 0.141. The van der Waals surface area contributed by atoms with Crippen molar-refractivity contribution in [3.63, 3.8) is 0 Å². The van der Waals surface area contributed by atoms with Crippen LogP contribution >= 0.6 is 0 Å². The molecule has 2 rings (SSSR count). The maximum atomic E-state index is 10.3. The summed E-state index contributed by atoms with van der Waals surface area (Å²) in [4.78, 5) is 20.5. The van der Waals surface area contributed by atoms with Crippen LogP contribution in [0, 0.1) is 13.8 Å². The number of phenols is 2. The number of aldehydes is 2. The summed E-state index contributed by atoms with van der Waals surface area (Å²) in [5.74, 6) is 0.338. The van der Waals surface area contributed by atoms with Gasteiger partial charge in [-0.3, -0.25) is 9.59 Å². The summed E-state index contributed by atoms with van der Waals surface area (Å²) in [7, 11) is 0. The highest BCUT2D eigenvalue weighted by Gasteiger charge is 1.95. The first-order valence-electron chi connectivity index (χ1n) is 5.97. The van der Waals surface area contributed by atoms with Crippen LogP contribution in [0.3, 0.4) is 0 Å². The molecule has 0 radical (unpaired) electrons. The Kier molecular flexibility index (Phi) is 5.47. The second-order valence-electron chi connectivity index (χ2n) is 4.38. The summed E-state index contributed by atoms with van der Waals surface area (Å²) in [5.41, 5.74) is 2.83. The van der Waals surface area contributed by atoms with Crippen LogP contribution in [0.2, 0.25) is 0 Å². The topological polar surface area (TPSA) is 74.6 Å². The second-order valence-corrected chi connectivity index (χ2v) is 4.38. The molecule has 0 fully saturated rings. The van der Waals surface area contributed by atoms with Crippen LogP contribution in [0.4, 0.5) is 0 Å². The average molecular weight is 272 g/mol. The molecule has 2 aromatic rings. The van der Waals surface area contributed by atoms with Gasteiger partial charge in [0.2, 0.25) is 0 Å². The van der Waals surface area contributed by atoms with Crippen LogP contribution in [0.25, 0.3) is 0 Å². The minimum atomic E-state index is 0.141. The lowest BCUT2D eigenvalue weighted by molar-refractivity contribution is 0.111. The zero-order valence-electron chi connectivity index (χ0n) is 11.3. The van der Waals surface area contributed by atoms with Gasteiger partial charge in [0.25, 0.3) is 0 Å². The van der Waals surface area contributed by atoms with Crippen molar-refractivity contribution in [3.05, 3.63) is 58.7 Å². The maximum absolute atomic E-state index is 10.3. The molecule has 104 valence electrons. The Bertz CT molecular complexity index is 598. The normalized spacial score (nSPS) is 9.30. The summed E-state index contributed by atoms with van der Waals surface area (Å²) in [6.45, 7) is 3.61. The third-order valence-electron chi connectivity index (χ3n) is 2.60. The molecule has 2 N–H and O–H groups in total. The highest BCUT2D eigenvalue weighted by Crippen LogP contribution is 2.13. The second kappa shape index (κ2) is 7.09. The van der Waals surface area contributed by atoms with Crippen molar-refractivity contribution in [2.45, 2.75) is 13.8 Å². The van der Waals surface area contributed by atoms with Gasteiger partial charge >= 0.3 is 0 Å². The number of benzene rings is 2. The first kappa shape index (κ1) is 15.4. The molecule has 0 saturated carbocycles. The standard InChI is InChI=1S/2C8H8O2/c1-6-2-7(5-9)4-8(10)3-6;1-6-4-8(10)3-2-7(6)5-9/h2*2-5,10H,1H3. The maximum Gasteiger partial charge on any atom is 0.150 e. The molecule has 4 nitrogen and oxygen atoms in total. The Morgan fingerprint density at radius 2 is 1.55 bits per heavy atom. The van der Waals surface area contributed by atoms with E-state index in [0.717, 1.165) is 17.4 Å². The molecular weight excluding hydrogens is 256 g/mol. The van der Waals surface area contributed by atoms with E-state index >= 15 is 0 Å². The Morgan fingerprint density at radius 1 is 0.850 bits per heavy atom. The molecular formula is C16H16O4. The monoisotopic (exact) mass is 272 g/mol. The number of rotatable bonds is 2. The third kappa shape index (κ3) is 4.57. The third-order valence-corrected chi connectivity index (χ3v) is 2.60. The van der Waals surface area contributed by atoms with Gasteiger partial charge < -0.3 is 10.2 Å². The number of hydrogen-bond acceptors (Lipinski definition) is 4. The van der Waals surface area contributed by atoms with Crippen molar-refractivity contribution >= 4 is 12.6 Å². The van der Waals surface area contributed by atoms with Gasteiger partial charge in [-0.15, -0.1) is 0 Å². The van der Waals surface area contributed by atoms with Crippen molar-refractivity contribution in [1.29, 1.82) is 0 Å². The molecule has 0 aromatic heterocycles. The van der Waals surface area contributed by atoms with E-state index in [9.17, 15) is 9.59 Å². The lowest BCUT2D eigenvalue weighted by Gasteiger charge is -1.96. The van der Waals surface area contributed by atoms with Crippen LogP contribution in [-0.2, 0) is 0 Å². The quantitative estimate of drug-likeness (QED) is 0.824. The van der Waals surface area contributed by atoms with E-state index in [1.54, 1.807) is 31.2 Å². The fraction of sp³-hybridized carbons (Fsp3) is 0.125. The zero-order chi connectivity index (χ0) is 15.1. The van der Waals surface area contributed by atoms with Crippen molar-refractivity contribution in [2.75, 3.05) is 0 Å². The number of hydrogen-bond donors (Lipinski definition) is 2. The van der Waals surface area contributed by atoms with Gasteiger partial charge in [0.15, 0.2) is 0 Å². The Labute approximate surface area is 117 Å².